The van der Waals surface area contributed by atoms with Gasteiger partial charge in [-0.25, -0.2) is 5.43 Å². The van der Waals surface area contributed by atoms with E-state index in [2.05, 4.69) is 27.6 Å². The molecule has 2 aromatic carbocycles. The van der Waals surface area contributed by atoms with Crippen LogP contribution in [0, 0.1) is 0 Å². The van der Waals surface area contributed by atoms with Gasteiger partial charge in [-0.2, -0.15) is 5.10 Å². The Hall–Kier alpha value is -3.02. The molecule has 2 aromatic rings. The molecule has 1 aliphatic heterocycles. The van der Waals surface area contributed by atoms with Crippen molar-refractivity contribution in [1.82, 2.24) is 5.43 Å². The third-order valence-electron chi connectivity index (χ3n) is 4.37. The van der Waals surface area contributed by atoms with Crippen molar-refractivity contribution in [2.75, 3.05) is 32.2 Å². The number of anilines is 1. The average molecular weight is 353 g/mol. The Bertz CT molecular complexity index is 805. The van der Waals surface area contributed by atoms with Crippen LogP contribution in [-0.2, 0) is 11.2 Å². The van der Waals surface area contributed by atoms with Crippen molar-refractivity contribution < 1.29 is 14.3 Å². The molecule has 26 heavy (non-hydrogen) atoms. The van der Waals surface area contributed by atoms with Crippen LogP contribution in [0.3, 0.4) is 0 Å². The predicted octanol–water partition coefficient (Wildman–Crippen LogP) is 2.61. The number of rotatable bonds is 6. The molecule has 6 nitrogen and oxygen atoms in total. The van der Waals surface area contributed by atoms with Gasteiger partial charge in [-0.15, -0.1) is 0 Å². The lowest BCUT2D eigenvalue weighted by molar-refractivity contribution is -0.119. The van der Waals surface area contributed by atoms with Crippen LogP contribution in [0.1, 0.15) is 17.5 Å². The second-order valence-electron chi connectivity index (χ2n) is 6.03. The maximum atomic E-state index is 12.3. The fraction of sp³-hybridized carbons (Fsp3) is 0.300. The van der Waals surface area contributed by atoms with Gasteiger partial charge in [-0.3, -0.25) is 4.79 Å². The molecule has 6 heteroatoms. The van der Waals surface area contributed by atoms with Crippen molar-refractivity contribution in [2.24, 2.45) is 5.10 Å². The van der Waals surface area contributed by atoms with Crippen LogP contribution in [-0.4, -0.2) is 39.4 Å². The van der Waals surface area contributed by atoms with Gasteiger partial charge in [0.2, 0.25) is 0 Å². The fourth-order valence-electron chi connectivity index (χ4n) is 3.17. The van der Waals surface area contributed by atoms with E-state index in [0.29, 0.717) is 11.5 Å². The van der Waals surface area contributed by atoms with Gasteiger partial charge in [0.05, 0.1) is 27.0 Å². The Morgan fingerprint density at radius 3 is 2.85 bits per heavy atom. The first kappa shape index (κ1) is 17.8. The lowest BCUT2D eigenvalue weighted by Gasteiger charge is -2.30. The number of carbonyl (C=O) groups is 1. The van der Waals surface area contributed by atoms with Crippen LogP contribution < -0.4 is 19.8 Å². The maximum Gasteiger partial charge on any atom is 0.259 e. The zero-order valence-corrected chi connectivity index (χ0v) is 15.1. The Kier molecular flexibility index (Phi) is 5.73. The monoisotopic (exact) mass is 353 g/mol. The molecular formula is C20H23N3O3. The standard InChI is InChI=1S/C20H23N3O3/c1-25-18-11-5-8-16(20(18)26-2)13-21-22-19(24)14-23-12-6-9-15-7-3-4-10-17(15)23/h3-5,7-8,10-11,13H,6,9,12,14H2,1-2H3,(H,22,24)/b21-13+. The molecule has 0 unspecified atom stereocenters. The second kappa shape index (κ2) is 8.38. The summed E-state index contributed by atoms with van der Waals surface area (Å²) in [6.45, 7) is 1.15. The van der Waals surface area contributed by atoms with Crippen molar-refractivity contribution >= 4 is 17.8 Å². The summed E-state index contributed by atoms with van der Waals surface area (Å²) < 4.78 is 10.6. The molecule has 1 amide bonds. The Morgan fingerprint density at radius 1 is 1.19 bits per heavy atom. The number of fused-ring (bicyclic) bond motifs is 1. The zero-order valence-electron chi connectivity index (χ0n) is 15.1. The number of hydrogen-bond donors (Lipinski definition) is 1. The van der Waals surface area contributed by atoms with Gasteiger partial charge in [-0.1, -0.05) is 24.3 Å². The molecule has 3 rings (SSSR count). The van der Waals surface area contributed by atoms with Gasteiger partial charge in [-0.05, 0) is 36.6 Å². The molecule has 0 saturated heterocycles. The summed E-state index contributed by atoms with van der Waals surface area (Å²) in [4.78, 5) is 14.4. The van der Waals surface area contributed by atoms with E-state index in [1.807, 2.05) is 30.3 Å². The topological polar surface area (TPSA) is 63.2 Å². The number of amides is 1. The summed E-state index contributed by atoms with van der Waals surface area (Å²) in [7, 11) is 3.15. The van der Waals surface area contributed by atoms with Crippen molar-refractivity contribution in [3.05, 3.63) is 53.6 Å². The number of ether oxygens (including phenoxy) is 2. The van der Waals surface area contributed by atoms with E-state index in [1.165, 1.54) is 5.56 Å². The minimum Gasteiger partial charge on any atom is -0.493 e. The Labute approximate surface area is 153 Å². The summed E-state index contributed by atoms with van der Waals surface area (Å²) in [5.74, 6) is 1.05. The fourth-order valence-corrected chi connectivity index (χ4v) is 3.17. The van der Waals surface area contributed by atoms with E-state index in [4.69, 9.17) is 9.47 Å². The maximum absolute atomic E-state index is 12.3. The summed E-state index contributed by atoms with van der Waals surface area (Å²) in [5, 5.41) is 4.06. The molecule has 1 N–H and O–H groups in total. The lowest BCUT2D eigenvalue weighted by Crippen LogP contribution is -2.38. The highest BCUT2D eigenvalue weighted by Gasteiger charge is 2.18. The van der Waals surface area contributed by atoms with E-state index >= 15 is 0 Å². The molecule has 0 aromatic heterocycles. The number of para-hydroxylation sites is 2. The van der Waals surface area contributed by atoms with Crippen molar-refractivity contribution in [3.63, 3.8) is 0 Å². The number of carbonyl (C=O) groups excluding carboxylic acids is 1. The summed E-state index contributed by atoms with van der Waals surface area (Å²) in [6, 6.07) is 13.7. The van der Waals surface area contributed by atoms with E-state index in [1.54, 1.807) is 20.4 Å². The van der Waals surface area contributed by atoms with Gasteiger partial charge < -0.3 is 14.4 Å². The third kappa shape index (κ3) is 3.96. The number of nitrogens with zero attached hydrogens (tertiary/aromatic N) is 2. The number of hydrazone groups is 1. The molecule has 1 heterocycles. The number of aryl methyl sites for hydroxylation is 1. The van der Waals surface area contributed by atoms with E-state index < -0.39 is 0 Å². The average Bonchev–Trinajstić information content (AvgIpc) is 2.68. The number of methoxy groups -OCH3 is 2. The number of hydrogen-bond acceptors (Lipinski definition) is 5. The highest BCUT2D eigenvalue weighted by atomic mass is 16.5. The highest BCUT2D eigenvalue weighted by Crippen LogP contribution is 2.29. The molecule has 1 aliphatic rings. The van der Waals surface area contributed by atoms with E-state index in [0.717, 1.165) is 30.6 Å². The predicted molar refractivity (Wildman–Crippen MR) is 102 cm³/mol. The first-order valence-corrected chi connectivity index (χ1v) is 8.58. The molecular weight excluding hydrogens is 330 g/mol. The van der Waals surface area contributed by atoms with Gasteiger partial charge in [0.15, 0.2) is 11.5 Å². The molecule has 0 fully saturated rings. The lowest BCUT2D eigenvalue weighted by atomic mass is 10.0. The Balaban J connectivity index is 1.63. The van der Waals surface area contributed by atoms with Crippen molar-refractivity contribution in [2.45, 2.75) is 12.8 Å². The second-order valence-corrected chi connectivity index (χ2v) is 6.03. The number of benzene rings is 2. The van der Waals surface area contributed by atoms with Crippen molar-refractivity contribution in [3.8, 4) is 11.5 Å². The molecule has 0 saturated carbocycles. The largest absolute Gasteiger partial charge is 0.493 e. The SMILES string of the molecule is COc1cccc(/C=N/NC(=O)CN2CCCc3ccccc32)c1OC. The van der Waals surface area contributed by atoms with Gasteiger partial charge >= 0.3 is 0 Å². The Morgan fingerprint density at radius 2 is 2.04 bits per heavy atom. The molecule has 136 valence electrons. The van der Waals surface area contributed by atoms with Crippen molar-refractivity contribution in [1.29, 1.82) is 0 Å². The summed E-state index contributed by atoms with van der Waals surface area (Å²) in [5.41, 5.74) is 5.74. The van der Waals surface area contributed by atoms with Gasteiger partial charge in [0.25, 0.3) is 5.91 Å². The zero-order chi connectivity index (χ0) is 18.4. The van der Waals surface area contributed by atoms with E-state index in [-0.39, 0.29) is 12.5 Å². The third-order valence-corrected chi connectivity index (χ3v) is 4.37. The van der Waals surface area contributed by atoms with E-state index in [9.17, 15) is 4.79 Å². The van der Waals surface area contributed by atoms with Crippen LogP contribution in [0.25, 0.3) is 0 Å². The van der Waals surface area contributed by atoms with Crippen LogP contribution in [0.4, 0.5) is 5.69 Å². The first-order chi connectivity index (χ1) is 12.7. The molecule has 0 spiro atoms. The van der Waals surface area contributed by atoms with Gasteiger partial charge in [0, 0.05) is 17.8 Å². The van der Waals surface area contributed by atoms with Crippen LogP contribution in [0.2, 0.25) is 0 Å². The van der Waals surface area contributed by atoms with Gasteiger partial charge in [0.1, 0.15) is 0 Å². The van der Waals surface area contributed by atoms with Crippen LogP contribution >= 0.6 is 0 Å². The minimum atomic E-state index is -0.153. The van der Waals surface area contributed by atoms with Crippen LogP contribution in [0.15, 0.2) is 47.6 Å². The number of nitrogens with one attached hydrogen (secondary N) is 1. The molecule has 0 aliphatic carbocycles. The highest BCUT2D eigenvalue weighted by molar-refractivity contribution is 5.87. The molecule has 0 atom stereocenters. The summed E-state index contributed by atoms with van der Waals surface area (Å²) in [6.07, 6.45) is 3.67. The first-order valence-electron chi connectivity index (χ1n) is 8.58. The summed E-state index contributed by atoms with van der Waals surface area (Å²) >= 11 is 0. The minimum absolute atomic E-state index is 0.153. The quantitative estimate of drug-likeness (QED) is 0.640. The normalized spacial score (nSPS) is 13.4. The smallest absolute Gasteiger partial charge is 0.259 e. The van der Waals surface area contributed by atoms with Crippen LogP contribution in [0.5, 0.6) is 11.5 Å². The molecule has 0 radical (unpaired) electrons. The molecule has 0 bridgehead atoms.